The van der Waals surface area contributed by atoms with Crippen LogP contribution >= 0.6 is 0 Å². The van der Waals surface area contributed by atoms with Gasteiger partial charge in [-0.3, -0.25) is 24.2 Å². The highest BCUT2D eigenvalue weighted by molar-refractivity contribution is 6.08. The summed E-state index contributed by atoms with van der Waals surface area (Å²) in [5.41, 5.74) is 4.25. The maximum Gasteiger partial charge on any atom is 0.278 e. The van der Waals surface area contributed by atoms with Gasteiger partial charge in [-0.2, -0.15) is 5.10 Å². The number of carbonyl (C=O) groups is 2. The van der Waals surface area contributed by atoms with Crippen molar-refractivity contribution >= 4 is 28.7 Å². The van der Waals surface area contributed by atoms with E-state index < -0.39 is 5.91 Å². The van der Waals surface area contributed by atoms with E-state index in [0.29, 0.717) is 48.4 Å². The van der Waals surface area contributed by atoms with Crippen molar-refractivity contribution < 1.29 is 14.3 Å². The molecule has 4 aromatic rings. The van der Waals surface area contributed by atoms with Crippen LogP contribution in [0.25, 0.3) is 16.6 Å². The Morgan fingerprint density at radius 2 is 2.00 bits per heavy atom. The van der Waals surface area contributed by atoms with Gasteiger partial charge in [0.05, 0.1) is 60.8 Å². The number of carbonyl (C=O) groups excluding carboxylic acids is 2. The first-order chi connectivity index (χ1) is 18.4. The van der Waals surface area contributed by atoms with Crippen LogP contribution in [0.15, 0.2) is 43.0 Å². The number of rotatable bonds is 7. The highest BCUT2D eigenvalue weighted by Crippen LogP contribution is 2.25. The number of hydrogen-bond acceptors (Lipinski definition) is 8. The summed E-state index contributed by atoms with van der Waals surface area (Å²) in [6.45, 7) is 6.53. The van der Waals surface area contributed by atoms with E-state index in [1.54, 1.807) is 29.9 Å². The molecular weight excluding hydrogens is 486 g/mol. The molecule has 2 amide bonds. The van der Waals surface area contributed by atoms with Gasteiger partial charge in [0, 0.05) is 29.6 Å². The lowest BCUT2D eigenvalue weighted by molar-refractivity contribution is -0.117. The number of fused-ring (bicyclic) bond motifs is 1. The molecule has 2 N–H and O–H groups in total. The number of ether oxygens (including phenoxy) is 1. The maximum absolute atomic E-state index is 13.1. The predicted octanol–water partition coefficient (Wildman–Crippen LogP) is 2.54. The fraction of sp³-hybridized carbons (Fsp3) is 0.385. The molecule has 6 heterocycles. The van der Waals surface area contributed by atoms with E-state index in [1.807, 2.05) is 29.2 Å². The molecule has 196 valence electrons. The molecule has 2 aliphatic heterocycles. The molecule has 12 heteroatoms. The third-order valence-electron chi connectivity index (χ3n) is 7.21. The highest BCUT2D eigenvalue weighted by Gasteiger charge is 2.23. The Morgan fingerprint density at radius 1 is 1.13 bits per heavy atom. The average Bonchev–Trinajstić information content (AvgIpc) is 3.60. The Bertz CT molecular complexity index is 1510. The second-order valence-electron chi connectivity index (χ2n) is 9.91. The Kier molecular flexibility index (Phi) is 6.34. The minimum absolute atomic E-state index is 0.103. The number of hydrogen-bond donors (Lipinski definition) is 2. The van der Waals surface area contributed by atoms with Gasteiger partial charge in [0.2, 0.25) is 5.91 Å². The van der Waals surface area contributed by atoms with Crippen LogP contribution in [-0.4, -0.2) is 78.7 Å². The van der Waals surface area contributed by atoms with Gasteiger partial charge in [-0.25, -0.2) is 4.52 Å². The normalized spacial score (nSPS) is 18.0. The molecule has 6 rings (SSSR count). The largest absolute Gasteiger partial charge is 0.377 e. The maximum atomic E-state index is 13.1. The molecule has 4 aromatic heterocycles. The van der Waals surface area contributed by atoms with Crippen molar-refractivity contribution in [2.45, 2.75) is 38.8 Å². The summed E-state index contributed by atoms with van der Waals surface area (Å²) >= 11 is 0. The molecule has 0 saturated carbocycles. The first kappa shape index (κ1) is 24.2. The van der Waals surface area contributed by atoms with E-state index in [2.05, 4.69) is 42.9 Å². The van der Waals surface area contributed by atoms with E-state index in [0.717, 1.165) is 30.5 Å². The minimum Gasteiger partial charge on any atom is -0.377 e. The van der Waals surface area contributed by atoms with Crippen molar-refractivity contribution in [3.05, 3.63) is 54.4 Å². The standard InChI is InChI=1S/C26H29N9O3/c1-16-4-3-7-33(16)13-24(36)29-20-8-22(17(2)27-10-20)30-26(37)25-23-6-5-18(11-35(23)32-31-25)19-9-28-34(12-19)21-14-38-15-21/h5-6,8-12,16,21H,3-4,7,13-15H2,1-2H3,(H,29,36)(H,30,37)/t16-/m0/s1. The molecular formula is C26H29N9O3. The van der Waals surface area contributed by atoms with Gasteiger partial charge >= 0.3 is 0 Å². The van der Waals surface area contributed by atoms with Gasteiger partial charge in [-0.05, 0) is 45.4 Å². The SMILES string of the molecule is Cc1ncc(NC(=O)CN2CCC[C@@H]2C)cc1NC(=O)c1nnn2cc(-c3cnn(C4COC4)c3)ccc12. The minimum atomic E-state index is -0.412. The van der Waals surface area contributed by atoms with E-state index in [-0.39, 0.29) is 17.6 Å². The Hall–Kier alpha value is -4.16. The summed E-state index contributed by atoms with van der Waals surface area (Å²) in [6, 6.07) is 6.11. The fourth-order valence-corrected chi connectivity index (χ4v) is 4.81. The van der Waals surface area contributed by atoms with E-state index >= 15 is 0 Å². The summed E-state index contributed by atoms with van der Waals surface area (Å²) in [4.78, 5) is 32.2. The van der Waals surface area contributed by atoms with Gasteiger partial charge in [-0.1, -0.05) is 11.3 Å². The van der Waals surface area contributed by atoms with Gasteiger partial charge in [0.15, 0.2) is 5.69 Å². The zero-order valence-electron chi connectivity index (χ0n) is 21.3. The predicted molar refractivity (Wildman–Crippen MR) is 140 cm³/mol. The van der Waals surface area contributed by atoms with E-state index in [1.165, 1.54) is 0 Å². The van der Waals surface area contributed by atoms with Crippen LogP contribution in [0, 0.1) is 6.92 Å². The third-order valence-corrected chi connectivity index (χ3v) is 7.21. The molecule has 2 saturated heterocycles. The first-order valence-electron chi connectivity index (χ1n) is 12.7. The van der Waals surface area contributed by atoms with Crippen LogP contribution in [0.1, 0.15) is 42.0 Å². The zero-order valence-corrected chi connectivity index (χ0v) is 21.3. The lowest BCUT2D eigenvalue weighted by Crippen LogP contribution is -2.35. The molecule has 0 spiro atoms. The van der Waals surface area contributed by atoms with Crippen LogP contribution in [0.3, 0.4) is 0 Å². The third kappa shape index (κ3) is 4.75. The zero-order chi connectivity index (χ0) is 26.2. The van der Waals surface area contributed by atoms with Gasteiger partial charge < -0.3 is 15.4 Å². The molecule has 0 unspecified atom stereocenters. The Balaban J connectivity index is 1.15. The summed E-state index contributed by atoms with van der Waals surface area (Å²) in [6.07, 6.45) is 9.41. The molecule has 0 aromatic carbocycles. The number of amides is 2. The summed E-state index contributed by atoms with van der Waals surface area (Å²) in [5.74, 6) is -0.516. The Labute approximate surface area is 219 Å². The quantitative estimate of drug-likeness (QED) is 0.384. The van der Waals surface area contributed by atoms with Gasteiger partial charge in [0.1, 0.15) is 0 Å². The number of nitrogens with zero attached hydrogens (tertiary/aromatic N) is 7. The molecule has 0 bridgehead atoms. The molecule has 2 aliphatic rings. The van der Waals surface area contributed by atoms with E-state index in [4.69, 9.17) is 4.74 Å². The van der Waals surface area contributed by atoms with Crippen LogP contribution in [0.4, 0.5) is 11.4 Å². The van der Waals surface area contributed by atoms with Gasteiger partial charge in [-0.15, -0.1) is 5.10 Å². The first-order valence-corrected chi connectivity index (χ1v) is 12.7. The number of anilines is 2. The smallest absolute Gasteiger partial charge is 0.278 e. The number of aromatic nitrogens is 6. The van der Waals surface area contributed by atoms with Crippen molar-refractivity contribution in [2.75, 3.05) is 36.9 Å². The van der Waals surface area contributed by atoms with Crippen LogP contribution < -0.4 is 10.6 Å². The van der Waals surface area contributed by atoms with E-state index in [9.17, 15) is 9.59 Å². The van der Waals surface area contributed by atoms with Crippen LogP contribution in [0.2, 0.25) is 0 Å². The van der Waals surface area contributed by atoms with Crippen LogP contribution in [-0.2, 0) is 9.53 Å². The fourth-order valence-electron chi connectivity index (χ4n) is 4.81. The van der Waals surface area contributed by atoms with Gasteiger partial charge in [0.25, 0.3) is 5.91 Å². The molecule has 12 nitrogen and oxygen atoms in total. The monoisotopic (exact) mass is 515 g/mol. The number of likely N-dealkylation sites (tertiary alicyclic amines) is 1. The van der Waals surface area contributed by atoms with Crippen molar-refractivity contribution in [2.24, 2.45) is 0 Å². The topological polar surface area (TPSA) is 132 Å². The highest BCUT2D eigenvalue weighted by atomic mass is 16.5. The molecule has 0 aliphatic carbocycles. The number of nitrogens with one attached hydrogen (secondary N) is 2. The summed E-state index contributed by atoms with van der Waals surface area (Å²) in [5, 5.41) is 18.5. The average molecular weight is 516 g/mol. The summed E-state index contributed by atoms with van der Waals surface area (Å²) < 4.78 is 8.73. The van der Waals surface area contributed by atoms with Crippen molar-refractivity contribution in [1.29, 1.82) is 0 Å². The lowest BCUT2D eigenvalue weighted by atomic mass is 10.1. The number of pyridine rings is 2. The summed E-state index contributed by atoms with van der Waals surface area (Å²) in [7, 11) is 0. The second kappa shape index (κ2) is 9.95. The second-order valence-corrected chi connectivity index (χ2v) is 9.91. The molecule has 38 heavy (non-hydrogen) atoms. The molecule has 2 fully saturated rings. The van der Waals surface area contributed by atoms with Crippen molar-refractivity contribution in [3.8, 4) is 11.1 Å². The molecule has 1 atom stereocenters. The van der Waals surface area contributed by atoms with Crippen LogP contribution in [0.5, 0.6) is 0 Å². The number of aryl methyl sites for hydroxylation is 1. The van der Waals surface area contributed by atoms with Crippen molar-refractivity contribution in [3.63, 3.8) is 0 Å². The lowest BCUT2D eigenvalue weighted by Gasteiger charge is -2.25. The Morgan fingerprint density at radius 3 is 2.76 bits per heavy atom. The van der Waals surface area contributed by atoms with Crippen molar-refractivity contribution in [1.82, 2.24) is 34.5 Å². The molecule has 0 radical (unpaired) electrons.